The van der Waals surface area contributed by atoms with Crippen LogP contribution in [-0.2, 0) is 14.3 Å². The lowest BCUT2D eigenvalue weighted by Crippen LogP contribution is -2.60. The zero-order valence-electron chi connectivity index (χ0n) is 28.5. The van der Waals surface area contributed by atoms with Crippen LogP contribution in [0.3, 0.4) is 0 Å². The van der Waals surface area contributed by atoms with Gasteiger partial charge in [-0.25, -0.2) is 0 Å². The van der Waals surface area contributed by atoms with Gasteiger partial charge >= 0.3 is 11.9 Å². The van der Waals surface area contributed by atoms with Gasteiger partial charge in [0, 0.05) is 19.0 Å². The Kier molecular flexibility index (Phi) is 24.4. The fourth-order valence-electron chi connectivity index (χ4n) is 6.98. The summed E-state index contributed by atoms with van der Waals surface area (Å²) in [6.07, 6.45) is 30.2. The van der Waals surface area contributed by atoms with Crippen LogP contribution in [0, 0.1) is 17.8 Å². The summed E-state index contributed by atoms with van der Waals surface area (Å²) in [5, 5.41) is 9.70. The van der Waals surface area contributed by atoms with Crippen molar-refractivity contribution in [2.45, 2.75) is 187 Å². The molecule has 0 aromatic heterocycles. The molecule has 1 rings (SSSR count). The van der Waals surface area contributed by atoms with E-state index >= 15 is 0 Å². The molecule has 0 bridgehead atoms. The van der Waals surface area contributed by atoms with Gasteiger partial charge in [-0.1, -0.05) is 143 Å². The van der Waals surface area contributed by atoms with Crippen LogP contribution in [0.15, 0.2) is 0 Å². The van der Waals surface area contributed by atoms with Crippen LogP contribution >= 0.6 is 0 Å². The molecule has 0 aromatic carbocycles. The molecule has 5 nitrogen and oxygen atoms in total. The van der Waals surface area contributed by atoms with Crippen LogP contribution in [0.2, 0.25) is 0 Å². The quantitative estimate of drug-likeness (QED) is 0.0663. The zero-order chi connectivity index (χ0) is 30.8. The van der Waals surface area contributed by atoms with E-state index in [4.69, 9.17) is 4.74 Å². The molecule has 0 aliphatic carbocycles. The maximum atomic E-state index is 12.3. The number of carboxylic acid groups (broad SMARTS) is 1. The minimum atomic E-state index is -0.610. The van der Waals surface area contributed by atoms with Gasteiger partial charge < -0.3 is 14.7 Å². The molecule has 1 fully saturated rings. The minimum Gasteiger partial charge on any atom is -0.481 e. The molecule has 4 atom stereocenters. The van der Waals surface area contributed by atoms with Crippen molar-refractivity contribution >= 4 is 11.9 Å². The number of carbonyl (C=O) groups is 2. The number of hydrogen-bond acceptors (Lipinski definition) is 4. The molecule has 42 heavy (non-hydrogen) atoms. The molecular formula is C37H71NO4. The summed E-state index contributed by atoms with van der Waals surface area (Å²) >= 11 is 0. The lowest BCUT2D eigenvalue weighted by atomic mass is 9.75. The van der Waals surface area contributed by atoms with Gasteiger partial charge in [0.05, 0.1) is 12.5 Å². The molecule has 5 heteroatoms. The molecule has 0 spiro atoms. The molecule has 248 valence electrons. The van der Waals surface area contributed by atoms with Crippen LogP contribution in [0.5, 0.6) is 0 Å². The Morgan fingerprint density at radius 1 is 0.667 bits per heavy atom. The first-order chi connectivity index (χ1) is 20.4. The van der Waals surface area contributed by atoms with Gasteiger partial charge in [0.25, 0.3) is 0 Å². The Labute approximate surface area is 261 Å². The van der Waals surface area contributed by atoms with E-state index in [-0.39, 0.29) is 17.9 Å². The van der Waals surface area contributed by atoms with Crippen molar-refractivity contribution in [1.82, 2.24) is 4.90 Å². The maximum absolute atomic E-state index is 12.3. The summed E-state index contributed by atoms with van der Waals surface area (Å²) in [5.74, 6) is 0.243. The zero-order valence-corrected chi connectivity index (χ0v) is 28.5. The summed E-state index contributed by atoms with van der Waals surface area (Å²) in [6.45, 7) is 8.07. The second-order valence-corrected chi connectivity index (χ2v) is 13.6. The van der Waals surface area contributed by atoms with E-state index in [0.717, 1.165) is 19.3 Å². The number of likely N-dealkylation sites (tertiary alicyclic amines) is 1. The third-order valence-electron chi connectivity index (χ3n) is 9.75. The van der Waals surface area contributed by atoms with Gasteiger partial charge in [0.15, 0.2) is 0 Å². The number of aliphatic carboxylic acids is 1. The molecule has 1 aliphatic rings. The first-order valence-corrected chi connectivity index (χ1v) is 18.5. The van der Waals surface area contributed by atoms with E-state index in [9.17, 15) is 14.7 Å². The topological polar surface area (TPSA) is 66.8 Å². The second-order valence-electron chi connectivity index (χ2n) is 13.6. The van der Waals surface area contributed by atoms with Crippen molar-refractivity contribution in [3.8, 4) is 0 Å². The van der Waals surface area contributed by atoms with Crippen LogP contribution in [0.4, 0.5) is 0 Å². The summed E-state index contributed by atoms with van der Waals surface area (Å²) in [4.78, 5) is 26.4. The van der Waals surface area contributed by atoms with Gasteiger partial charge in [-0.3, -0.25) is 9.59 Å². The first kappa shape index (κ1) is 38.9. The molecule has 0 saturated carbocycles. The Morgan fingerprint density at radius 3 is 1.64 bits per heavy atom. The molecule has 1 saturated heterocycles. The predicted molar refractivity (Wildman–Crippen MR) is 178 cm³/mol. The number of carbonyl (C=O) groups excluding carboxylic acids is 1. The normalized spacial score (nSPS) is 18.5. The van der Waals surface area contributed by atoms with Crippen molar-refractivity contribution in [3.63, 3.8) is 0 Å². The lowest BCUT2D eigenvalue weighted by molar-refractivity contribution is -0.154. The number of carboxylic acids is 1. The van der Waals surface area contributed by atoms with Crippen LogP contribution in [0.25, 0.3) is 0 Å². The SMILES string of the molecule is CCCCCCCCCCC(CCCCCCCCC(=O)OCC(CCCC)CCCCCC)C1C(C(=O)O)CN1C. The molecule has 1 N–H and O–H groups in total. The van der Waals surface area contributed by atoms with Gasteiger partial charge in [0.2, 0.25) is 0 Å². The average molecular weight is 594 g/mol. The fraction of sp³-hybridized carbons (Fsp3) is 0.946. The monoisotopic (exact) mass is 594 g/mol. The van der Waals surface area contributed by atoms with E-state index < -0.39 is 5.97 Å². The molecule has 1 heterocycles. The van der Waals surface area contributed by atoms with E-state index in [0.29, 0.717) is 31.4 Å². The van der Waals surface area contributed by atoms with Crippen molar-refractivity contribution in [2.75, 3.05) is 20.2 Å². The van der Waals surface area contributed by atoms with E-state index in [1.165, 1.54) is 135 Å². The highest BCUT2D eigenvalue weighted by Crippen LogP contribution is 2.35. The number of esters is 1. The van der Waals surface area contributed by atoms with Crippen molar-refractivity contribution < 1.29 is 19.4 Å². The first-order valence-electron chi connectivity index (χ1n) is 18.5. The van der Waals surface area contributed by atoms with Crippen LogP contribution in [0.1, 0.15) is 181 Å². The molecule has 0 amide bonds. The van der Waals surface area contributed by atoms with Crippen molar-refractivity contribution in [1.29, 1.82) is 0 Å². The largest absolute Gasteiger partial charge is 0.481 e. The molecule has 0 aromatic rings. The predicted octanol–water partition coefficient (Wildman–Crippen LogP) is 10.6. The third kappa shape index (κ3) is 18.5. The smallest absolute Gasteiger partial charge is 0.309 e. The van der Waals surface area contributed by atoms with E-state index in [1.807, 2.05) is 0 Å². The van der Waals surface area contributed by atoms with Gasteiger partial charge in [-0.05, 0) is 51.0 Å². The fourth-order valence-corrected chi connectivity index (χ4v) is 6.98. The Hall–Kier alpha value is -1.10. The maximum Gasteiger partial charge on any atom is 0.309 e. The second kappa shape index (κ2) is 26.3. The van der Waals surface area contributed by atoms with Crippen LogP contribution in [-0.4, -0.2) is 48.2 Å². The number of ether oxygens (including phenoxy) is 1. The number of hydrogen-bond donors (Lipinski definition) is 1. The summed E-state index contributed by atoms with van der Waals surface area (Å²) in [7, 11) is 2.11. The summed E-state index contributed by atoms with van der Waals surface area (Å²) in [6, 6.07) is 0.218. The van der Waals surface area contributed by atoms with Crippen molar-refractivity contribution in [3.05, 3.63) is 0 Å². The average Bonchev–Trinajstić information content (AvgIpc) is 2.97. The number of rotatable bonds is 30. The summed E-state index contributed by atoms with van der Waals surface area (Å²) in [5.41, 5.74) is 0. The Balaban J connectivity index is 2.23. The molecule has 1 aliphatic heterocycles. The summed E-state index contributed by atoms with van der Waals surface area (Å²) < 4.78 is 5.69. The van der Waals surface area contributed by atoms with Crippen LogP contribution < -0.4 is 0 Å². The highest BCUT2D eigenvalue weighted by atomic mass is 16.5. The molecular weight excluding hydrogens is 522 g/mol. The van der Waals surface area contributed by atoms with E-state index in [1.54, 1.807) is 0 Å². The molecule has 0 radical (unpaired) electrons. The minimum absolute atomic E-state index is 0.00791. The molecule has 4 unspecified atom stereocenters. The number of unbranched alkanes of at least 4 members (excludes halogenated alkanes) is 16. The van der Waals surface area contributed by atoms with Gasteiger partial charge in [-0.15, -0.1) is 0 Å². The third-order valence-corrected chi connectivity index (χ3v) is 9.75. The standard InChI is InChI=1S/C37H71NO4/c1-5-8-11-13-14-15-18-22-27-33(36-34(37(40)41)30-38(36)4)28-23-19-16-17-20-24-29-35(39)42-31-32(25-10-7-3)26-21-12-9-6-2/h32-34,36H,5-31H2,1-4H3,(H,40,41). The highest BCUT2D eigenvalue weighted by molar-refractivity contribution is 5.72. The van der Waals surface area contributed by atoms with Gasteiger partial charge in [0.1, 0.15) is 0 Å². The van der Waals surface area contributed by atoms with E-state index in [2.05, 4.69) is 32.7 Å². The Morgan fingerprint density at radius 2 is 1.12 bits per heavy atom. The van der Waals surface area contributed by atoms with Crippen molar-refractivity contribution in [2.24, 2.45) is 17.8 Å². The lowest BCUT2D eigenvalue weighted by Gasteiger charge is -2.48. The highest BCUT2D eigenvalue weighted by Gasteiger charge is 2.45. The van der Waals surface area contributed by atoms with Gasteiger partial charge in [-0.2, -0.15) is 0 Å². The number of nitrogens with zero attached hydrogens (tertiary/aromatic N) is 1. The Bertz CT molecular complexity index is 654.